The molecule has 1 heterocycles. The van der Waals surface area contributed by atoms with E-state index in [-0.39, 0.29) is 0 Å². The van der Waals surface area contributed by atoms with Gasteiger partial charge in [-0.2, -0.15) is 0 Å². The summed E-state index contributed by atoms with van der Waals surface area (Å²) in [5, 5.41) is 4.65. The number of alkyl halides is 1. The summed E-state index contributed by atoms with van der Waals surface area (Å²) < 4.78 is 0. The van der Waals surface area contributed by atoms with E-state index in [1.807, 2.05) is 30.5 Å². The molecule has 0 bridgehead atoms. The van der Waals surface area contributed by atoms with Crippen molar-refractivity contribution in [2.75, 3.05) is 17.7 Å². The van der Waals surface area contributed by atoms with Gasteiger partial charge in [-0.25, -0.2) is 0 Å². The third kappa shape index (κ3) is 3.34. The van der Waals surface area contributed by atoms with Gasteiger partial charge in [-0.1, -0.05) is 24.6 Å². The molecule has 0 aliphatic heterocycles. The second-order valence-corrected chi connectivity index (χ2v) is 4.43. The molecule has 0 amide bonds. The van der Waals surface area contributed by atoms with Gasteiger partial charge in [0.1, 0.15) is 0 Å². The van der Waals surface area contributed by atoms with Gasteiger partial charge in [0.05, 0.1) is 5.52 Å². The van der Waals surface area contributed by atoms with Crippen LogP contribution in [0.15, 0.2) is 36.5 Å². The summed E-state index contributed by atoms with van der Waals surface area (Å²) in [5.74, 6) is 0.762. The second kappa shape index (κ2) is 6.45. The highest BCUT2D eigenvalue weighted by Gasteiger charge is 1.99. The summed E-state index contributed by atoms with van der Waals surface area (Å²) in [5.41, 5.74) is 2.21. The highest BCUT2D eigenvalue weighted by Crippen LogP contribution is 2.20. The molecule has 0 spiro atoms. The molecule has 2 nitrogen and oxygen atoms in total. The molecule has 0 radical (unpaired) electrons. The number of aromatic nitrogens is 1. The lowest BCUT2D eigenvalue weighted by molar-refractivity contribution is 0.748. The highest BCUT2D eigenvalue weighted by molar-refractivity contribution is 6.17. The molecule has 0 saturated carbocycles. The van der Waals surface area contributed by atoms with Gasteiger partial charge in [-0.15, -0.1) is 11.6 Å². The van der Waals surface area contributed by atoms with Gasteiger partial charge in [0.2, 0.25) is 0 Å². The zero-order valence-corrected chi connectivity index (χ0v) is 10.6. The molecule has 90 valence electrons. The van der Waals surface area contributed by atoms with Gasteiger partial charge in [-0.05, 0) is 25.0 Å². The number of hydrogen-bond donors (Lipinski definition) is 1. The molecule has 0 atom stereocenters. The van der Waals surface area contributed by atoms with Crippen LogP contribution < -0.4 is 5.32 Å². The average molecular weight is 249 g/mol. The molecule has 0 saturated heterocycles. The number of halogens is 1. The van der Waals surface area contributed by atoms with Crippen LogP contribution in [0.5, 0.6) is 0 Å². The number of rotatable bonds is 6. The minimum absolute atomic E-state index is 0.762. The van der Waals surface area contributed by atoms with Crippen LogP contribution in [0, 0.1) is 0 Å². The Hall–Kier alpha value is -1.28. The number of nitrogens with zero attached hydrogens (tertiary/aromatic N) is 1. The SMILES string of the molecule is ClCCCCCNc1ccnc2ccccc12. The monoisotopic (exact) mass is 248 g/mol. The highest BCUT2D eigenvalue weighted by atomic mass is 35.5. The molecule has 1 aromatic carbocycles. The lowest BCUT2D eigenvalue weighted by Gasteiger charge is -2.08. The first-order valence-electron chi connectivity index (χ1n) is 6.05. The van der Waals surface area contributed by atoms with Crippen LogP contribution in [0.4, 0.5) is 5.69 Å². The van der Waals surface area contributed by atoms with E-state index in [1.165, 1.54) is 17.5 Å². The normalized spacial score (nSPS) is 10.6. The van der Waals surface area contributed by atoms with Crippen LogP contribution in [-0.2, 0) is 0 Å². The number of fused-ring (bicyclic) bond motifs is 1. The first-order chi connectivity index (χ1) is 8.42. The smallest absolute Gasteiger partial charge is 0.0722 e. The molecule has 3 heteroatoms. The van der Waals surface area contributed by atoms with E-state index in [1.54, 1.807) is 0 Å². The number of pyridine rings is 1. The van der Waals surface area contributed by atoms with Crippen molar-refractivity contribution in [2.45, 2.75) is 19.3 Å². The molecule has 17 heavy (non-hydrogen) atoms. The van der Waals surface area contributed by atoms with Gasteiger partial charge < -0.3 is 5.32 Å². The van der Waals surface area contributed by atoms with Crippen molar-refractivity contribution in [1.29, 1.82) is 0 Å². The van der Waals surface area contributed by atoms with E-state index >= 15 is 0 Å². The molecular weight excluding hydrogens is 232 g/mol. The number of para-hydroxylation sites is 1. The van der Waals surface area contributed by atoms with E-state index in [0.717, 1.165) is 30.8 Å². The van der Waals surface area contributed by atoms with Crippen molar-refractivity contribution in [3.05, 3.63) is 36.5 Å². The second-order valence-electron chi connectivity index (χ2n) is 4.05. The van der Waals surface area contributed by atoms with Crippen LogP contribution in [0.2, 0.25) is 0 Å². The van der Waals surface area contributed by atoms with Gasteiger partial charge in [-0.3, -0.25) is 4.98 Å². The molecule has 0 aliphatic rings. The maximum absolute atomic E-state index is 5.65. The van der Waals surface area contributed by atoms with Gasteiger partial charge >= 0.3 is 0 Å². The lowest BCUT2D eigenvalue weighted by Crippen LogP contribution is -2.02. The summed E-state index contributed by atoms with van der Waals surface area (Å²) in [6, 6.07) is 10.2. The number of unbranched alkanes of at least 4 members (excludes halogenated alkanes) is 2. The van der Waals surface area contributed by atoms with Crippen LogP contribution in [-0.4, -0.2) is 17.4 Å². The fourth-order valence-electron chi connectivity index (χ4n) is 1.87. The molecular formula is C14H17ClN2. The van der Waals surface area contributed by atoms with Crippen LogP contribution >= 0.6 is 11.6 Å². The number of hydrogen-bond acceptors (Lipinski definition) is 2. The Morgan fingerprint density at radius 3 is 2.82 bits per heavy atom. The van der Waals surface area contributed by atoms with Gasteiger partial charge in [0.15, 0.2) is 0 Å². The van der Waals surface area contributed by atoms with E-state index < -0.39 is 0 Å². The fourth-order valence-corrected chi connectivity index (χ4v) is 2.06. The predicted octanol–water partition coefficient (Wildman–Crippen LogP) is 4.06. The standard InChI is InChI=1S/C14H17ClN2/c15-9-4-1-5-10-16-14-8-11-17-13-7-3-2-6-12(13)14/h2-3,6-8,11H,1,4-5,9-10H2,(H,16,17). The zero-order chi connectivity index (χ0) is 11.9. The Bertz CT molecular complexity index is 465. The third-order valence-corrected chi connectivity index (χ3v) is 3.04. The average Bonchev–Trinajstić information content (AvgIpc) is 2.39. The summed E-state index contributed by atoms with van der Waals surface area (Å²) in [4.78, 5) is 4.34. The number of anilines is 1. The quantitative estimate of drug-likeness (QED) is 0.616. The van der Waals surface area contributed by atoms with E-state index in [9.17, 15) is 0 Å². The van der Waals surface area contributed by atoms with E-state index in [4.69, 9.17) is 11.6 Å². The van der Waals surface area contributed by atoms with E-state index in [0.29, 0.717) is 0 Å². The fraction of sp³-hybridized carbons (Fsp3) is 0.357. The Morgan fingerprint density at radius 1 is 1.06 bits per heavy atom. The van der Waals surface area contributed by atoms with Gasteiger partial charge in [0, 0.05) is 29.7 Å². The lowest BCUT2D eigenvalue weighted by atomic mass is 10.2. The third-order valence-electron chi connectivity index (χ3n) is 2.77. The van der Waals surface area contributed by atoms with Crippen molar-refractivity contribution >= 4 is 28.2 Å². The molecule has 0 unspecified atom stereocenters. The van der Waals surface area contributed by atoms with Crippen LogP contribution in [0.3, 0.4) is 0 Å². The number of benzene rings is 1. The van der Waals surface area contributed by atoms with E-state index in [2.05, 4.69) is 16.4 Å². The largest absolute Gasteiger partial charge is 0.384 e. The van der Waals surface area contributed by atoms with Crippen molar-refractivity contribution < 1.29 is 0 Å². The maximum Gasteiger partial charge on any atom is 0.0722 e. The molecule has 1 N–H and O–H groups in total. The molecule has 2 aromatic rings. The van der Waals surface area contributed by atoms with Crippen molar-refractivity contribution in [3.8, 4) is 0 Å². The molecule has 0 aliphatic carbocycles. The summed E-state index contributed by atoms with van der Waals surface area (Å²) >= 11 is 5.65. The van der Waals surface area contributed by atoms with Crippen LogP contribution in [0.25, 0.3) is 10.9 Å². The first-order valence-corrected chi connectivity index (χ1v) is 6.59. The van der Waals surface area contributed by atoms with Crippen molar-refractivity contribution in [1.82, 2.24) is 4.98 Å². The predicted molar refractivity (Wildman–Crippen MR) is 74.8 cm³/mol. The molecule has 0 fully saturated rings. The maximum atomic E-state index is 5.65. The minimum Gasteiger partial charge on any atom is -0.384 e. The Labute approximate surface area is 107 Å². The van der Waals surface area contributed by atoms with Crippen molar-refractivity contribution in [3.63, 3.8) is 0 Å². The van der Waals surface area contributed by atoms with Gasteiger partial charge in [0.25, 0.3) is 0 Å². The Balaban J connectivity index is 1.98. The minimum atomic E-state index is 0.762. The number of nitrogens with one attached hydrogen (secondary N) is 1. The van der Waals surface area contributed by atoms with Crippen LogP contribution in [0.1, 0.15) is 19.3 Å². The van der Waals surface area contributed by atoms with Crippen molar-refractivity contribution in [2.24, 2.45) is 0 Å². The Morgan fingerprint density at radius 2 is 1.94 bits per heavy atom. The molecule has 1 aromatic heterocycles. The summed E-state index contributed by atoms with van der Waals surface area (Å²) in [6.07, 6.45) is 5.28. The molecule has 2 rings (SSSR count). The summed E-state index contributed by atoms with van der Waals surface area (Å²) in [7, 11) is 0. The summed E-state index contributed by atoms with van der Waals surface area (Å²) in [6.45, 7) is 0.991. The topological polar surface area (TPSA) is 24.9 Å². The zero-order valence-electron chi connectivity index (χ0n) is 9.82. The first kappa shape index (κ1) is 12.2. The Kier molecular flexibility index (Phi) is 4.63.